The van der Waals surface area contributed by atoms with E-state index in [1.165, 1.54) is 0 Å². The Hall–Kier alpha value is -0.820. The van der Waals surface area contributed by atoms with Crippen molar-refractivity contribution in [2.45, 2.75) is 6.92 Å². The fourth-order valence-corrected chi connectivity index (χ4v) is 0.977. The lowest BCUT2D eigenvalue weighted by molar-refractivity contribution is 1.24. The number of halogens is 1. The molecule has 0 aliphatic carbocycles. The quantitative estimate of drug-likeness (QED) is 0.605. The van der Waals surface area contributed by atoms with E-state index in [0.717, 1.165) is 11.3 Å². The first-order valence-corrected chi connectivity index (χ1v) is 3.36. The van der Waals surface area contributed by atoms with Crippen molar-refractivity contribution < 1.29 is 0 Å². The minimum Gasteiger partial charge on any atom is -0.255 e. The highest BCUT2D eigenvalue weighted by molar-refractivity contribution is 6.30. The molecule has 2 heteroatoms. The maximum absolute atomic E-state index is 5.68. The zero-order chi connectivity index (χ0) is 7.56. The highest BCUT2D eigenvalue weighted by Crippen LogP contribution is 2.12. The van der Waals surface area contributed by atoms with Crippen molar-refractivity contribution in [3.63, 3.8) is 0 Å². The van der Waals surface area contributed by atoms with E-state index in [1.54, 1.807) is 12.3 Å². The van der Waals surface area contributed by atoms with E-state index in [0.29, 0.717) is 5.02 Å². The highest BCUT2D eigenvalue weighted by Gasteiger charge is 1.94. The summed E-state index contributed by atoms with van der Waals surface area (Å²) in [6.07, 6.45) is 3.33. The zero-order valence-electron chi connectivity index (χ0n) is 5.76. The maximum atomic E-state index is 5.68. The van der Waals surface area contributed by atoms with Gasteiger partial charge in [0.15, 0.2) is 0 Å². The van der Waals surface area contributed by atoms with Gasteiger partial charge in [-0.2, -0.15) is 0 Å². The van der Waals surface area contributed by atoms with Gasteiger partial charge in [0.25, 0.3) is 0 Å². The molecule has 52 valence electrons. The summed E-state index contributed by atoms with van der Waals surface area (Å²) in [5, 5.41) is 0.670. The third-order valence-electron chi connectivity index (χ3n) is 1.28. The zero-order valence-corrected chi connectivity index (χ0v) is 6.52. The molecule has 0 unspecified atom stereocenters. The highest BCUT2D eigenvalue weighted by atomic mass is 35.5. The normalized spacial score (nSPS) is 9.40. The fourth-order valence-electron chi connectivity index (χ4n) is 0.765. The van der Waals surface area contributed by atoms with Crippen molar-refractivity contribution >= 4 is 17.7 Å². The third-order valence-corrected chi connectivity index (χ3v) is 1.49. The van der Waals surface area contributed by atoms with Gasteiger partial charge in [-0.1, -0.05) is 18.2 Å². The largest absolute Gasteiger partial charge is 0.255 e. The van der Waals surface area contributed by atoms with Gasteiger partial charge in [-0.15, -0.1) is 0 Å². The molecule has 1 aromatic rings. The summed E-state index contributed by atoms with van der Waals surface area (Å²) in [4.78, 5) is 4.05. The van der Waals surface area contributed by atoms with Crippen LogP contribution in [0.4, 0.5) is 0 Å². The average molecular weight is 154 g/mol. The molecule has 0 saturated heterocycles. The Bertz CT molecular complexity index is 255. The number of hydrogen-bond donors (Lipinski definition) is 0. The molecule has 0 aliphatic heterocycles. The van der Waals surface area contributed by atoms with Gasteiger partial charge < -0.3 is 0 Å². The summed E-state index contributed by atoms with van der Waals surface area (Å²) in [7, 11) is 0. The van der Waals surface area contributed by atoms with Gasteiger partial charge in [-0.3, -0.25) is 4.98 Å². The maximum Gasteiger partial charge on any atom is 0.0654 e. The molecule has 1 aromatic heterocycles. The Morgan fingerprint density at radius 3 is 2.90 bits per heavy atom. The van der Waals surface area contributed by atoms with Crippen LogP contribution in [-0.2, 0) is 0 Å². The van der Waals surface area contributed by atoms with Gasteiger partial charge in [0.1, 0.15) is 0 Å². The Kier molecular flexibility index (Phi) is 2.07. The predicted octanol–water partition coefficient (Wildman–Crippen LogP) is 2.69. The molecular weight excluding hydrogens is 146 g/mol. The lowest BCUT2D eigenvalue weighted by atomic mass is 10.2. The number of pyridine rings is 1. The number of aromatic nitrogens is 1. The van der Waals surface area contributed by atoms with Crippen LogP contribution in [0, 0.1) is 6.92 Å². The molecule has 0 spiro atoms. The molecule has 0 saturated carbocycles. The minimum atomic E-state index is 0.670. The molecule has 0 bridgehead atoms. The fraction of sp³-hybridized carbons (Fsp3) is 0.125. The number of aryl methyl sites for hydroxylation is 1. The SMILES string of the molecule is C=Cc1ncc(Cl)cc1C. The van der Waals surface area contributed by atoms with Gasteiger partial charge in [-0.05, 0) is 24.6 Å². The van der Waals surface area contributed by atoms with Gasteiger partial charge >= 0.3 is 0 Å². The van der Waals surface area contributed by atoms with Crippen molar-refractivity contribution in [2.24, 2.45) is 0 Å². The molecule has 1 rings (SSSR count). The van der Waals surface area contributed by atoms with Crippen LogP contribution >= 0.6 is 11.6 Å². The summed E-state index contributed by atoms with van der Waals surface area (Å²) in [6.45, 7) is 5.57. The molecule has 0 fully saturated rings. The topological polar surface area (TPSA) is 12.9 Å². The lowest BCUT2D eigenvalue weighted by Gasteiger charge is -1.97. The van der Waals surface area contributed by atoms with Crippen molar-refractivity contribution in [2.75, 3.05) is 0 Å². The van der Waals surface area contributed by atoms with Gasteiger partial charge in [0.05, 0.1) is 10.7 Å². The number of hydrogen-bond acceptors (Lipinski definition) is 1. The van der Waals surface area contributed by atoms with Crippen molar-refractivity contribution in [3.8, 4) is 0 Å². The Morgan fingerprint density at radius 2 is 2.40 bits per heavy atom. The van der Waals surface area contributed by atoms with Crippen LogP contribution < -0.4 is 0 Å². The van der Waals surface area contributed by atoms with E-state index in [9.17, 15) is 0 Å². The number of nitrogens with zero attached hydrogens (tertiary/aromatic N) is 1. The minimum absolute atomic E-state index is 0.670. The van der Waals surface area contributed by atoms with Crippen LogP contribution in [0.5, 0.6) is 0 Å². The van der Waals surface area contributed by atoms with Gasteiger partial charge in [0, 0.05) is 6.20 Å². The molecule has 1 nitrogen and oxygen atoms in total. The standard InChI is InChI=1S/C8H8ClN/c1-3-8-6(2)4-7(9)5-10-8/h3-5H,1H2,2H3. The van der Waals surface area contributed by atoms with Crippen LogP contribution in [0.25, 0.3) is 6.08 Å². The van der Waals surface area contributed by atoms with E-state index in [2.05, 4.69) is 11.6 Å². The Morgan fingerprint density at radius 1 is 1.70 bits per heavy atom. The van der Waals surface area contributed by atoms with E-state index in [1.807, 2.05) is 13.0 Å². The van der Waals surface area contributed by atoms with E-state index < -0.39 is 0 Å². The molecule has 10 heavy (non-hydrogen) atoms. The Labute approximate surface area is 65.4 Å². The first-order valence-electron chi connectivity index (χ1n) is 2.98. The molecule has 0 aromatic carbocycles. The predicted molar refractivity (Wildman–Crippen MR) is 44.1 cm³/mol. The van der Waals surface area contributed by atoms with Gasteiger partial charge in [0.2, 0.25) is 0 Å². The Balaban J connectivity index is 3.19. The van der Waals surface area contributed by atoms with Crippen molar-refractivity contribution in [1.82, 2.24) is 4.98 Å². The lowest BCUT2D eigenvalue weighted by Crippen LogP contribution is -1.84. The number of rotatable bonds is 1. The molecule has 0 radical (unpaired) electrons. The summed E-state index contributed by atoms with van der Waals surface area (Å²) in [6, 6.07) is 1.87. The van der Waals surface area contributed by atoms with Crippen LogP contribution in [0.15, 0.2) is 18.8 Å². The third kappa shape index (κ3) is 1.36. The first kappa shape index (κ1) is 7.29. The monoisotopic (exact) mass is 153 g/mol. The summed E-state index contributed by atoms with van der Waals surface area (Å²) >= 11 is 5.68. The molecular formula is C8H8ClN. The molecule has 0 N–H and O–H groups in total. The van der Waals surface area contributed by atoms with E-state index in [4.69, 9.17) is 11.6 Å². The van der Waals surface area contributed by atoms with Crippen LogP contribution in [0.2, 0.25) is 5.02 Å². The molecule has 0 atom stereocenters. The smallest absolute Gasteiger partial charge is 0.0654 e. The second-order valence-electron chi connectivity index (χ2n) is 2.06. The van der Waals surface area contributed by atoms with Crippen LogP contribution in [-0.4, -0.2) is 4.98 Å². The summed E-state index contributed by atoms with van der Waals surface area (Å²) in [5.74, 6) is 0. The second kappa shape index (κ2) is 2.84. The van der Waals surface area contributed by atoms with Crippen LogP contribution in [0.1, 0.15) is 11.3 Å². The summed E-state index contributed by atoms with van der Waals surface area (Å²) < 4.78 is 0. The molecule has 0 amide bonds. The molecule has 0 aliphatic rings. The summed E-state index contributed by atoms with van der Waals surface area (Å²) in [5.41, 5.74) is 1.95. The van der Waals surface area contributed by atoms with Crippen LogP contribution in [0.3, 0.4) is 0 Å². The van der Waals surface area contributed by atoms with E-state index >= 15 is 0 Å². The van der Waals surface area contributed by atoms with E-state index in [-0.39, 0.29) is 0 Å². The van der Waals surface area contributed by atoms with Gasteiger partial charge in [-0.25, -0.2) is 0 Å². The first-order chi connectivity index (χ1) is 4.74. The van der Waals surface area contributed by atoms with Crippen molar-refractivity contribution in [1.29, 1.82) is 0 Å². The second-order valence-corrected chi connectivity index (χ2v) is 2.50. The average Bonchev–Trinajstić information content (AvgIpc) is 1.88. The molecule has 1 heterocycles. The van der Waals surface area contributed by atoms with Crippen molar-refractivity contribution in [3.05, 3.63) is 35.1 Å².